The van der Waals surface area contributed by atoms with Gasteiger partial charge in [0.1, 0.15) is 6.07 Å². The number of fused-ring (bicyclic) bond motifs is 3. The molecule has 0 saturated heterocycles. The van der Waals surface area contributed by atoms with Gasteiger partial charge in [0, 0.05) is 59.6 Å². The van der Waals surface area contributed by atoms with Crippen LogP contribution >= 0.6 is 114 Å². The van der Waals surface area contributed by atoms with Gasteiger partial charge in [-0.2, -0.15) is 14.9 Å². The van der Waals surface area contributed by atoms with Gasteiger partial charge in [0.2, 0.25) is 11.8 Å². The molecule has 0 fully saturated rings. The molecule has 3 aromatic carbocycles. The molecule has 0 saturated carbocycles. The van der Waals surface area contributed by atoms with Crippen LogP contribution in [0, 0.1) is 11.3 Å². The number of aromatic amines is 1. The normalized spacial score (nSPS) is 9.00. The molecule has 317 valence electrons. The van der Waals surface area contributed by atoms with E-state index in [1.807, 2.05) is 102 Å². The number of nitrogens with one attached hydrogen (secondary N) is 1. The number of H-pyrrole nitrogens is 1. The van der Waals surface area contributed by atoms with Crippen LogP contribution in [0.2, 0.25) is 0 Å². The Hall–Kier alpha value is -1.25. The van der Waals surface area contributed by atoms with Crippen LogP contribution in [0.4, 0.5) is 17.3 Å². The molecule has 7 N–H and O–H groups in total. The van der Waals surface area contributed by atoms with E-state index in [9.17, 15) is 0 Å². The fourth-order valence-corrected chi connectivity index (χ4v) is 4.29. The number of para-hydroxylation sites is 3. The molecular formula is C38H43I7N11O2V-. The third-order valence-electron chi connectivity index (χ3n) is 6.47. The van der Waals surface area contributed by atoms with E-state index in [1.165, 1.54) is 4.52 Å². The number of rotatable bonds is 3. The zero-order chi connectivity index (χ0) is 44.6. The standard InChI is InChI=1S/C13H9N5O.C12H10N4O.C7H6N2.3C2H6.I3.I2.2HI.V/c14-13-15-9-5-2-1-4-8(9)12-16-11(17-18(12)13)10-6-3-7-19-10;13-9-5-2-1-4-8(9)11-14-12(16-15-11)10-6-3-7-17-10;8-5-6-3-1-2-4-7(6)9;3*1-2;1-3-2;1-2;;;/h1-7H,(H2,14,15);1-7H,13H2,(H,14,15,16);1-4H,9H2;3*1-2H3;;;2*1H;/q;;;;;;-1;;;;+2/p-2. The summed E-state index contributed by atoms with van der Waals surface area (Å²) in [6.45, 7) is 12.0. The number of hydrogen-bond acceptors (Lipinski definition) is 11. The number of furan rings is 2. The Morgan fingerprint density at radius 3 is 1.75 bits per heavy atom. The first kappa shape index (κ1) is 57.8. The van der Waals surface area contributed by atoms with Gasteiger partial charge in [0.25, 0.3) is 0 Å². The van der Waals surface area contributed by atoms with Gasteiger partial charge in [-0.05, 0) is 60.7 Å². The Kier molecular flexibility index (Phi) is 35.5. The molecule has 0 aliphatic carbocycles. The molecule has 0 spiro atoms. The fraction of sp³-hybridized carbons (Fsp3) is 0.158. The maximum absolute atomic E-state index is 8.39. The van der Waals surface area contributed by atoms with Crippen LogP contribution in [-0.4, -0.2) is 34.8 Å². The molecule has 0 bridgehead atoms. The average Bonchev–Trinajstić information content (AvgIpc) is 4.14. The van der Waals surface area contributed by atoms with E-state index in [1.54, 1.807) is 55.0 Å². The van der Waals surface area contributed by atoms with Crippen LogP contribution in [0.15, 0.2) is 118 Å². The van der Waals surface area contributed by atoms with E-state index >= 15 is 0 Å². The van der Waals surface area contributed by atoms with E-state index in [4.69, 9.17) is 31.3 Å². The topological polar surface area (TPSA) is 213 Å². The maximum atomic E-state index is 8.39. The molecule has 59 heavy (non-hydrogen) atoms. The van der Waals surface area contributed by atoms with Gasteiger partial charge in [-0.15, -0.1) is 5.10 Å². The number of anilines is 3. The van der Waals surface area contributed by atoms with Crippen LogP contribution in [0.3, 0.4) is 0 Å². The summed E-state index contributed by atoms with van der Waals surface area (Å²) in [7, 11) is 0.628. The quantitative estimate of drug-likeness (QED) is 0.0965. The monoisotopic (exact) mass is 1620 g/mol. The number of nitriles is 1. The van der Waals surface area contributed by atoms with Crippen molar-refractivity contribution in [3.8, 4) is 40.6 Å². The average molecular weight is 1630 g/mol. The molecule has 5 heterocycles. The summed E-state index contributed by atoms with van der Waals surface area (Å²) in [5.74, 6) is 3.21. The molecule has 13 nitrogen and oxygen atoms in total. The zero-order valence-electron chi connectivity index (χ0n) is 32.7. The van der Waals surface area contributed by atoms with Crippen molar-refractivity contribution in [2.24, 2.45) is 0 Å². The molecule has 21 heteroatoms. The third kappa shape index (κ3) is 19.8. The molecule has 0 radical (unpaired) electrons. The van der Waals surface area contributed by atoms with Crippen molar-refractivity contribution >= 4 is 148 Å². The van der Waals surface area contributed by atoms with Gasteiger partial charge >= 0.3 is 99.9 Å². The van der Waals surface area contributed by atoms with Crippen LogP contribution < -0.4 is 30.5 Å². The number of hydrogen-bond donors (Lipinski definition) is 4. The number of aromatic nitrogens is 7. The van der Waals surface area contributed by atoms with Crippen LogP contribution in [-0.2, 0) is 9.47 Å². The summed E-state index contributed by atoms with van der Waals surface area (Å²) in [5.41, 5.74) is 21.2. The number of benzene rings is 3. The second kappa shape index (κ2) is 36.3. The van der Waals surface area contributed by atoms with Crippen molar-refractivity contribution in [2.45, 2.75) is 41.5 Å². The molecule has 0 aliphatic rings. The summed E-state index contributed by atoms with van der Waals surface area (Å²) < 4.78 is 12.1. The molecule has 8 aromatic rings. The van der Waals surface area contributed by atoms with E-state index < -0.39 is 0 Å². The van der Waals surface area contributed by atoms with Gasteiger partial charge in [0.15, 0.2) is 28.8 Å². The van der Waals surface area contributed by atoms with Crippen LogP contribution in [0.5, 0.6) is 0 Å². The van der Waals surface area contributed by atoms with E-state index in [0.717, 1.165) is 16.5 Å². The van der Waals surface area contributed by atoms with Gasteiger partial charge < -0.3 is 26.0 Å². The summed E-state index contributed by atoms with van der Waals surface area (Å²) in [6, 6.07) is 31.3. The van der Waals surface area contributed by atoms with Crippen molar-refractivity contribution in [2.75, 3.05) is 17.2 Å². The Bertz CT molecular complexity index is 2300. The van der Waals surface area contributed by atoms with Crippen LogP contribution in [0.1, 0.15) is 47.1 Å². The summed E-state index contributed by atoms with van der Waals surface area (Å²) in [5, 5.41) is 20.6. The molecule has 0 aliphatic heterocycles. The first-order valence-electron chi connectivity index (χ1n) is 17.3. The van der Waals surface area contributed by atoms with E-state index in [0.29, 0.717) is 80.2 Å². The molecule has 0 amide bonds. The van der Waals surface area contributed by atoms with Crippen molar-refractivity contribution in [1.29, 1.82) is 5.26 Å². The van der Waals surface area contributed by atoms with Gasteiger partial charge in [0.05, 0.1) is 23.6 Å². The van der Waals surface area contributed by atoms with Crippen molar-refractivity contribution in [3.63, 3.8) is 0 Å². The second-order valence-electron chi connectivity index (χ2n) is 9.52. The minimum atomic E-state index is 0.305. The first-order chi connectivity index (χ1) is 28.8. The van der Waals surface area contributed by atoms with Crippen molar-refractivity contribution < 1.29 is 31.6 Å². The summed E-state index contributed by atoms with van der Waals surface area (Å²) >= 11 is 14.3. The van der Waals surface area contributed by atoms with E-state index in [2.05, 4.69) is 145 Å². The first-order valence-corrected chi connectivity index (χ1v) is 45.2. The molecule has 8 rings (SSSR count). The third-order valence-corrected chi connectivity index (χ3v) is 6.47. The SMILES string of the molecule is CC.CC.CC.II.I[I-]I.N#Cc1ccccc1N.Nc1ccccc1-c1n[nH]c(-c2ccco2)n1.Nc1nc2ccccc2c2nc(-c3ccco3)nn12.[I][V][I]. The zero-order valence-corrected chi connectivity index (χ0v) is 49.2. The minimum absolute atomic E-state index is 0.305. The van der Waals surface area contributed by atoms with Gasteiger partial charge in [-0.25, -0.2) is 15.0 Å². The fourth-order valence-electron chi connectivity index (χ4n) is 4.29. The van der Waals surface area contributed by atoms with Crippen molar-refractivity contribution in [3.05, 3.63) is 115 Å². The molecule has 5 aromatic heterocycles. The Balaban J connectivity index is 0.000000768. The molecule has 0 atom stereocenters. The molecule has 0 unspecified atom stereocenters. The number of halogens is 7. The van der Waals surface area contributed by atoms with E-state index in [-0.39, 0.29) is 0 Å². The van der Waals surface area contributed by atoms with Crippen LogP contribution in [0.25, 0.3) is 51.1 Å². The number of nitrogens with zero attached hydrogens (tertiary/aromatic N) is 7. The number of nitrogens with two attached hydrogens (primary N) is 3. The summed E-state index contributed by atoms with van der Waals surface area (Å²) in [4.78, 5) is 13.1. The Morgan fingerprint density at radius 1 is 0.695 bits per heavy atom. The Morgan fingerprint density at radius 2 is 1.22 bits per heavy atom. The Labute approximate surface area is 427 Å². The summed E-state index contributed by atoms with van der Waals surface area (Å²) in [6.07, 6.45) is 3.18. The number of nitrogen functional groups attached to an aromatic ring is 3. The predicted molar refractivity (Wildman–Crippen MR) is 288 cm³/mol. The van der Waals surface area contributed by atoms with Crippen molar-refractivity contribution in [1.82, 2.24) is 34.8 Å². The van der Waals surface area contributed by atoms with Gasteiger partial charge in [-0.1, -0.05) is 77.9 Å². The predicted octanol–water partition coefficient (Wildman–Crippen LogP) is 11.0. The molecular weight excluding hydrogens is 1580 g/mol. The van der Waals surface area contributed by atoms with Gasteiger partial charge in [-0.3, -0.25) is 5.10 Å². The second-order valence-corrected chi connectivity index (χ2v) is 37.6.